The molecular weight excluding hydrogens is 282 g/mol. The summed E-state index contributed by atoms with van der Waals surface area (Å²) < 4.78 is 0. The number of hydrogen-bond acceptors (Lipinski definition) is 3. The molecule has 1 aromatic carbocycles. The molecule has 4 heteroatoms. The highest BCUT2D eigenvalue weighted by Crippen LogP contribution is 2.21. The summed E-state index contributed by atoms with van der Waals surface area (Å²) in [5, 5.41) is 4.00. The van der Waals surface area contributed by atoms with Gasteiger partial charge in [0.2, 0.25) is 0 Å². The molecule has 1 aromatic heterocycles. The average molecular weight is 304 g/mol. The monoisotopic (exact) mass is 303 g/mol. The van der Waals surface area contributed by atoms with Crippen LogP contribution in [0.4, 0.5) is 11.5 Å². The normalized spacial score (nSPS) is 10.5. The molecule has 0 amide bonds. The first-order valence-corrected chi connectivity index (χ1v) is 7.65. The second kappa shape index (κ2) is 7.32. The van der Waals surface area contributed by atoms with Crippen molar-refractivity contribution in [3.63, 3.8) is 0 Å². The Hall–Kier alpha value is -1.74. The number of nitrogens with zero attached hydrogens (tertiary/aromatic N) is 2. The third-order valence-corrected chi connectivity index (χ3v) is 3.65. The first-order valence-electron chi connectivity index (χ1n) is 7.27. The SMILES string of the molecule is CCCNc1ccc(Cl)c(CN(C)c2cccc(C)c2)n1. The van der Waals surface area contributed by atoms with Crippen molar-refractivity contribution in [1.82, 2.24) is 4.98 Å². The molecule has 1 N–H and O–H groups in total. The van der Waals surface area contributed by atoms with E-state index in [0.717, 1.165) is 24.5 Å². The Morgan fingerprint density at radius 3 is 2.76 bits per heavy atom. The summed E-state index contributed by atoms with van der Waals surface area (Å²) in [6, 6.07) is 12.3. The molecule has 3 nitrogen and oxygen atoms in total. The summed E-state index contributed by atoms with van der Waals surface area (Å²) >= 11 is 6.28. The van der Waals surface area contributed by atoms with Gasteiger partial charge < -0.3 is 10.2 Å². The largest absolute Gasteiger partial charge is 0.370 e. The van der Waals surface area contributed by atoms with Crippen molar-refractivity contribution in [1.29, 1.82) is 0 Å². The van der Waals surface area contributed by atoms with Crippen LogP contribution in [0.3, 0.4) is 0 Å². The summed E-state index contributed by atoms with van der Waals surface area (Å²) in [6.07, 6.45) is 1.07. The number of halogens is 1. The van der Waals surface area contributed by atoms with Crippen LogP contribution in [-0.2, 0) is 6.54 Å². The molecule has 0 aliphatic carbocycles. The second-order valence-electron chi connectivity index (χ2n) is 5.25. The number of rotatable bonds is 6. The molecule has 2 aromatic rings. The standard InChI is InChI=1S/C17H22ClN3/c1-4-10-19-17-9-8-15(18)16(20-17)12-21(3)14-7-5-6-13(2)11-14/h5-9,11H,4,10,12H2,1-3H3,(H,19,20). The van der Waals surface area contributed by atoms with Gasteiger partial charge in [-0.3, -0.25) is 0 Å². The van der Waals surface area contributed by atoms with E-state index in [4.69, 9.17) is 11.6 Å². The van der Waals surface area contributed by atoms with Crippen molar-refractivity contribution in [3.8, 4) is 0 Å². The van der Waals surface area contributed by atoms with Crippen LogP contribution in [0.5, 0.6) is 0 Å². The van der Waals surface area contributed by atoms with Crippen molar-refractivity contribution in [2.75, 3.05) is 23.8 Å². The molecule has 112 valence electrons. The van der Waals surface area contributed by atoms with E-state index in [1.165, 1.54) is 11.3 Å². The van der Waals surface area contributed by atoms with Crippen molar-refractivity contribution in [3.05, 3.63) is 52.7 Å². The topological polar surface area (TPSA) is 28.2 Å². The first kappa shape index (κ1) is 15.6. The molecule has 0 saturated carbocycles. The smallest absolute Gasteiger partial charge is 0.126 e. The van der Waals surface area contributed by atoms with Gasteiger partial charge in [0.1, 0.15) is 5.82 Å². The molecule has 0 radical (unpaired) electrons. The Labute approximate surface area is 132 Å². The van der Waals surface area contributed by atoms with Gasteiger partial charge in [0.25, 0.3) is 0 Å². The molecule has 0 unspecified atom stereocenters. The summed E-state index contributed by atoms with van der Waals surface area (Å²) in [5.74, 6) is 0.883. The van der Waals surface area contributed by atoms with E-state index in [0.29, 0.717) is 11.6 Å². The minimum atomic E-state index is 0.684. The van der Waals surface area contributed by atoms with Crippen molar-refractivity contribution < 1.29 is 0 Å². The van der Waals surface area contributed by atoms with Gasteiger partial charge in [-0.05, 0) is 43.2 Å². The zero-order chi connectivity index (χ0) is 15.2. The maximum atomic E-state index is 6.28. The fraction of sp³-hybridized carbons (Fsp3) is 0.353. The third-order valence-electron chi connectivity index (χ3n) is 3.30. The van der Waals surface area contributed by atoms with E-state index >= 15 is 0 Å². The van der Waals surface area contributed by atoms with Crippen molar-refractivity contribution >= 4 is 23.1 Å². The van der Waals surface area contributed by atoms with Crippen LogP contribution in [0.25, 0.3) is 0 Å². The van der Waals surface area contributed by atoms with E-state index in [1.54, 1.807) is 0 Å². The lowest BCUT2D eigenvalue weighted by Gasteiger charge is -2.20. The average Bonchev–Trinajstić information content (AvgIpc) is 2.48. The van der Waals surface area contributed by atoms with Gasteiger partial charge in [0.15, 0.2) is 0 Å². The van der Waals surface area contributed by atoms with Gasteiger partial charge in [0.05, 0.1) is 17.3 Å². The van der Waals surface area contributed by atoms with E-state index in [-0.39, 0.29) is 0 Å². The van der Waals surface area contributed by atoms with Crippen molar-refractivity contribution in [2.45, 2.75) is 26.8 Å². The Bertz CT molecular complexity index is 598. The van der Waals surface area contributed by atoms with E-state index in [9.17, 15) is 0 Å². The Kier molecular flexibility index (Phi) is 5.45. The fourth-order valence-electron chi connectivity index (χ4n) is 2.13. The van der Waals surface area contributed by atoms with Crippen LogP contribution >= 0.6 is 11.6 Å². The lowest BCUT2D eigenvalue weighted by atomic mass is 10.2. The minimum Gasteiger partial charge on any atom is -0.370 e. The van der Waals surface area contributed by atoms with Gasteiger partial charge in [0, 0.05) is 19.3 Å². The van der Waals surface area contributed by atoms with Crippen molar-refractivity contribution in [2.24, 2.45) is 0 Å². The highest BCUT2D eigenvalue weighted by molar-refractivity contribution is 6.31. The fourth-order valence-corrected chi connectivity index (χ4v) is 2.29. The number of benzene rings is 1. The van der Waals surface area contributed by atoms with E-state index in [2.05, 4.69) is 60.4 Å². The molecule has 21 heavy (non-hydrogen) atoms. The predicted octanol–water partition coefficient (Wildman–Crippen LogP) is 4.50. The maximum absolute atomic E-state index is 6.28. The predicted molar refractivity (Wildman–Crippen MR) is 91.3 cm³/mol. The van der Waals surface area contributed by atoms with Gasteiger partial charge >= 0.3 is 0 Å². The Morgan fingerprint density at radius 2 is 2.05 bits per heavy atom. The number of anilines is 2. The minimum absolute atomic E-state index is 0.684. The molecular formula is C17H22ClN3. The third kappa shape index (κ3) is 4.36. The number of aryl methyl sites for hydroxylation is 1. The molecule has 0 saturated heterocycles. The highest BCUT2D eigenvalue weighted by atomic mass is 35.5. The van der Waals surface area contributed by atoms with Crippen LogP contribution in [-0.4, -0.2) is 18.6 Å². The summed E-state index contributed by atoms with van der Waals surface area (Å²) in [4.78, 5) is 6.77. The summed E-state index contributed by atoms with van der Waals surface area (Å²) in [6.45, 7) is 5.83. The summed E-state index contributed by atoms with van der Waals surface area (Å²) in [5.41, 5.74) is 3.30. The molecule has 0 aliphatic rings. The van der Waals surface area contributed by atoms with Gasteiger partial charge in [-0.25, -0.2) is 4.98 Å². The lowest BCUT2D eigenvalue weighted by molar-refractivity contribution is 0.880. The number of nitrogens with one attached hydrogen (secondary N) is 1. The first-order chi connectivity index (χ1) is 10.1. The number of aromatic nitrogens is 1. The van der Waals surface area contributed by atoms with Crippen LogP contribution in [0.1, 0.15) is 24.6 Å². The van der Waals surface area contributed by atoms with Crippen LogP contribution in [0.2, 0.25) is 5.02 Å². The van der Waals surface area contributed by atoms with Crippen LogP contribution in [0.15, 0.2) is 36.4 Å². The maximum Gasteiger partial charge on any atom is 0.126 e. The lowest BCUT2D eigenvalue weighted by Crippen LogP contribution is -2.18. The van der Waals surface area contributed by atoms with Crippen LogP contribution < -0.4 is 10.2 Å². The zero-order valence-corrected chi connectivity index (χ0v) is 13.6. The number of hydrogen-bond donors (Lipinski definition) is 1. The Balaban J connectivity index is 2.14. The van der Waals surface area contributed by atoms with Gasteiger partial charge in [-0.1, -0.05) is 30.7 Å². The molecule has 0 atom stereocenters. The van der Waals surface area contributed by atoms with Gasteiger partial charge in [-0.15, -0.1) is 0 Å². The number of pyridine rings is 1. The highest BCUT2D eigenvalue weighted by Gasteiger charge is 2.08. The van der Waals surface area contributed by atoms with E-state index < -0.39 is 0 Å². The quantitative estimate of drug-likeness (QED) is 0.851. The zero-order valence-electron chi connectivity index (χ0n) is 12.9. The molecule has 0 bridgehead atoms. The molecule has 1 heterocycles. The second-order valence-corrected chi connectivity index (χ2v) is 5.65. The molecule has 0 aliphatic heterocycles. The van der Waals surface area contributed by atoms with Crippen LogP contribution in [0, 0.1) is 6.92 Å². The van der Waals surface area contributed by atoms with E-state index in [1.807, 2.05) is 12.1 Å². The molecule has 0 fully saturated rings. The van der Waals surface area contributed by atoms with Gasteiger partial charge in [-0.2, -0.15) is 0 Å². The Morgan fingerprint density at radius 1 is 1.24 bits per heavy atom. The summed E-state index contributed by atoms with van der Waals surface area (Å²) in [7, 11) is 2.05. The molecule has 2 rings (SSSR count). The molecule has 0 spiro atoms.